The lowest BCUT2D eigenvalue weighted by atomic mass is 9.95. The highest BCUT2D eigenvalue weighted by Gasteiger charge is 2.41. The predicted molar refractivity (Wildman–Crippen MR) is 69.2 cm³/mol. The van der Waals surface area contributed by atoms with Crippen molar-refractivity contribution in [2.75, 3.05) is 17.7 Å². The number of nitrogens with one attached hydrogen (secondary N) is 2. The molecule has 2 bridgehead atoms. The Morgan fingerprint density at radius 1 is 1.35 bits per heavy atom. The molecule has 1 aromatic rings. The van der Waals surface area contributed by atoms with Gasteiger partial charge in [-0.1, -0.05) is 0 Å². The topological polar surface area (TPSA) is 59.1 Å². The number of hydrogen-bond acceptors (Lipinski definition) is 5. The number of halogens is 1. The molecule has 0 spiro atoms. The second-order valence-electron chi connectivity index (χ2n) is 4.50. The summed E-state index contributed by atoms with van der Waals surface area (Å²) in [5.41, 5.74) is 0. The summed E-state index contributed by atoms with van der Waals surface area (Å²) in [5.74, 6) is 1.64. The molecule has 2 N–H and O–H groups in total. The van der Waals surface area contributed by atoms with E-state index in [1.165, 1.54) is 6.42 Å². The van der Waals surface area contributed by atoms with E-state index in [0.29, 0.717) is 18.2 Å². The highest BCUT2D eigenvalue weighted by molar-refractivity contribution is 9.10. The molecular weight excluding hydrogens is 284 g/mol. The van der Waals surface area contributed by atoms with Crippen molar-refractivity contribution >= 4 is 27.6 Å². The van der Waals surface area contributed by atoms with Crippen LogP contribution in [0, 0.1) is 0 Å². The molecule has 2 fully saturated rings. The van der Waals surface area contributed by atoms with Crippen LogP contribution >= 0.6 is 15.9 Å². The van der Waals surface area contributed by atoms with Crippen LogP contribution in [0.15, 0.2) is 10.8 Å². The van der Waals surface area contributed by atoms with Crippen LogP contribution in [-0.4, -0.2) is 35.3 Å². The number of ether oxygens (including phenoxy) is 1. The van der Waals surface area contributed by atoms with Gasteiger partial charge in [-0.05, 0) is 35.2 Å². The molecule has 2 aliphatic rings. The Kier molecular flexibility index (Phi) is 2.92. The highest BCUT2D eigenvalue weighted by Crippen LogP contribution is 2.37. The highest BCUT2D eigenvalue weighted by atomic mass is 79.9. The van der Waals surface area contributed by atoms with Crippen molar-refractivity contribution < 1.29 is 4.74 Å². The van der Waals surface area contributed by atoms with Crippen molar-refractivity contribution in [1.29, 1.82) is 0 Å². The van der Waals surface area contributed by atoms with Crippen LogP contribution in [0.4, 0.5) is 11.6 Å². The Bertz CT molecular complexity index is 428. The summed E-state index contributed by atoms with van der Waals surface area (Å²) in [6.45, 7) is 0. The average molecular weight is 299 g/mol. The third-order valence-corrected chi connectivity index (χ3v) is 4.21. The van der Waals surface area contributed by atoms with Crippen LogP contribution in [0.1, 0.15) is 19.3 Å². The fraction of sp³-hybridized carbons (Fsp3) is 0.636. The minimum absolute atomic E-state index is 0.347. The van der Waals surface area contributed by atoms with Gasteiger partial charge in [0.15, 0.2) is 0 Å². The molecule has 1 aromatic heterocycles. The largest absolute Gasteiger partial charge is 0.373 e. The fourth-order valence-corrected chi connectivity index (χ4v) is 3.13. The molecule has 3 unspecified atom stereocenters. The number of fused-ring (bicyclic) bond motifs is 2. The number of hydrogen-bond donors (Lipinski definition) is 2. The molecule has 92 valence electrons. The smallest absolute Gasteiger partial charge is 0.146 e. The van der Waals surface area contributed by atoms with Crippen molar-refractivity contribution in [2.24, 2.45) is 0 Å². The molecule has 0 aliphatic carbocycles. The number of nitrogens with zero attached hydrogens (tertiary/aromatic N) is 2. The van der Waals surface area contributed by atoms with Crippen molar-refractivity contribution in [3.05, 3.63) is 10.8 Å². The van der Waals surface area contributed by atoms with Gasteiger partial charge in [0.2, 0.25) is 0 Å². The Morgan fingerprint density at radius 2 is 2.18 bits per heavy atom. The van der Waals surface area contributed by atoms with Gasteiger partial charge < -0.3 is 15.4 Å². The van der Waals surface area contributed by atoms with E-state index < -0.39 is 0 Å². The molecule has 6 heteroatoms. The molecule has 0 radical (unpaired) electrons. The number of anilines is 2. The zero-order valence-corrected chi connectivity index (χ0v) is 11.2. The maximum Gasteiger partial charge on any atom is 0.146 e. The van der Waals surface area contributed by atoms with Crippen molar-refractivity contribution in [2.45, 2.75) is 37.5 Å². The SMILES string of the molecule is CNc1ncnc(NC2CC3CCC2O3)c1Br. The van der Waals surface area contributed by atoms with E-state index in [4.69, 9.17) is 4.74 Å². The molecule has 0 aromatic carbocycles. The van der Waals surface area contributed by atoms with E-state index in [1.807, 2.05) is 7.05 Å². The monoisotopic (exact) mass is 298 g/mol. The van der Waals surface area contributed by atoms with E-state index in [9.17, 15) is 0 Å². The lowest BCUT2D eigenvalue weighted by Gasteiger charge is -2.21. The Balaban J connectivity index is 1.77. The molecule has 3 heterocycles. The van der Waals surface area contributed by atoms with E-state index in [0.717, 1.165) is 29.0 Å². The van der Waals surface area contributed by atoms with E-state index >= 15 is 0 Å². The Labute approximate surface area is 108 Å². The first-order valence-electron chi connectivity index (χ1n) is 5.88. The van der Waals surface area contributed by atoms with Crippen LogP contribution < -0.4 is 10.6 Å². The first kappa shape index (κ1) is 11.2. The van der Waals surface area contributed by atoms with Gasteiger partial charge in [0.05, 0.1) is 18.2 Å². The summed E-state index contributed by atoms with van der Waals surface area (Å²) in [6, 6.07) is 0.379. The molecule has 5 nitrogen and oxygen atoms in total. The first-order valence-corrected chi connectivity index (χ1v) is 6.67. The van der Waals surface area contributed by atoms with Gasteiger partial charge in [-0.3, -0.25) is 0 Å². The summed E-state index contributed by atoms with van der Waals surface area (Å²) in [7, 11) is 1.84. The molecule has 3 rings (SSSR count). The molecule has 2 saturated heterocycles. The fourth-order valence-electron chi connectivity index (χ4n) is 2.61. The third-order valence-electron chi connectivity index (χ3n) is 3.45. The van der Waals surface area contributed by atoms with Gasteiger partial charge in [0.25, 0.3) is 0 Å². The summed E-state index contributed by atoms with van der Waals surface area (Å²) < 4.78 is 6.70. The van der Waals surface area contributed by atoms with Crippen LogP contribution in [-0.2, 0) is 4.74 Å². The lowest BCUT2D eigenvalue weighted by molar-refractivity contribution is 0.102. The second-order valence-corrected chi connectivity index (χ2v) is 5.29. The van der Waals surface area contributed by atoms with Crippen LogP contribution in [0.25, 0.3) is 0 Å². The maximum absolute atomic E-state index is 5.82. The van der Waals surface area contributed by atoms with Crippen molar-refractivity contribution in [3.8, 4) is 0 Å². The quantitative estimate of drug-likeness (QED) is 0.894. The molecule has 2 aliphatic heterocycles. The summed E-state index contributed by atoms with van der Waals surface area (Å²) in [4.78, 5) is 8.41. The lowest BCUT2D eigenvalue weighted by Crippen LogP contribution is -2.31. The summed E-state index contributed by atoms with van der Waals surface area (Å²) >= 11 is 3.51. The second kappa shape index (κ2) is 4.42. The van der Waals surface area contributed by atoms with Gasteiger partial charge >= 0.3 is 0 Å². The Hall–Kier alpha value is -0.880. The van der Waals surface area contributed by atoms with Gasteiger partial charge in [0, 0.05) is 7.05 Å². The van der Waals surface area contributed by atoms with Crippen LogP contribution in [0.5, 0.6) is 0 Å². The van der Waals surface area contributed by atoms with E-state index in [-0.39, 0.29) is 0 Å². The van der Waals surface area contributed by atoms with Crippen molar-refractivity contribution in [3.63, 3.8) is 0 Å². The minimum Gasteiger partial charge on any atom is -0.373 e. The van der Waals surface area contributed by atoms with Gasteiger partial charge in [-0.15, -0.1) is 0 Å². The van der Waals surface area contributed by atoms with Gasteiger partial charge in [-0.2, -0.15) is 0 Å². The summed E-state index contributed by atoms with van der Waals surface area (Å²) in [5, 5.41) is 6.48. The average Bonchev–Trinajstić information content (AvgIpc) is 2.94. The molecule has 3 atom stereocenters. The summed E-state index contributed by atoms with van der Waals surface area (Å²) in [6.07, 6.45) is 5.80. The van der Waals surface area contributed by atoms with Gasteiger partial charge in [0.1, 0.15) is 22.4 Å². The number of rotatable bonds is 3. The third kappa shape index (κ3) is 1.99. The van der Waals surface area contributed by atoms with Crippen molar-refractivity contribution in [1.82, 2.24) is 9.97 Å². The normalized spacial score (nSPS) is 30.6. The zero-order chi connectivity index (χ0) is 11.8. The minimum atomic E-state index is 0.347. The van der Waals surface area contributed by atoms with Gasteiger partial charge in [-0.25, -0.2) is 9.97 Å². The molecule has 0 amide bonds. The van der Waals surface area contributed by atoms with Crippen LogP contribution in [0.2, 0.25) is 0 Å². The molecule has 0 saturated carbocycles. The maximum atomic E-state index is 5.82. The zero-order valence-electron chi connectivity index (χ0n) is 9.61. The molecule has 17 heavy (non-hydrogen) atoms. The van der Waals surface area contributed by atoms with Crippen LogP contribution in [0.3, 0.4) is 0 Å². The first-order chi connectivity index (χ1) is 8.28. The standard InChI is InChI=1S/C11H15BrN4O/c1-13-10-9(12)11(15-5-14-10)16-7-4-6-2-3-8(7)17-6/h5-8H,2-4H2,1H3,(H2,13,14,15,16). The Morgan fingerprint density at radius 3 is 2.82 bits per heavy atom. The predicted octanol–water partition coefficient (Wildman–Crippen LogP) is 2.01. The number of aromatic nitrogens is 2. The van der Waals surface area contributed by atoms with E-state index in [2.05, 4.69) is 36.5 Å². The molecular formula is C11H15BrN4O. The van der Waals surface area contributed by atoms with E-state index in [1.54, 1.807) is 6.33 Å².